The molecule has 360 valence electrons. The van der Waals surface area contributed by atoms with E-state index in [1.54, 1.807) is 0 Å². The molecule has 69 heavy (non-hydrogen) atoms. The van der Waals surface area contributed by atoms with Gasteiger partial charge in [-0.2, -0.15) is 0 Å². The molecule has 0 saturated heterocycles. The van der Waals surface area contributed by atoms with Gasteiger partial charge in [-0.1, -0.05) is 201 Å². The van der Waals surface area contributed by atoms with E-state index < -0.39 is 11.8 Å². The van der Waals surface area contributed by atoms with Gasteiger partial charge in [0.2, 0.25) is 0 Å². The molecule has 2 heterocycles. The summed E-state index contributed by atoms with van der Waals surface area (Å²) in [6.07, 6.45) is 1.89. The van der Waals surface area contributed by atoms with Crippen LogP contribution in [-0.2, 0) is 42.7 Å². The Morgan fingerprint density at radius 3 is 1.67 bits per heavy atom. The van der Waals surface area contributed by atoms with Crippen molar-refractivity contribution in [2.75, 3.05) is 0 Å². The summed E-state index contributed by atoms with van der Waals surface area (Å²) in [6.45, 7) is 34.1. The molecule has 2 aromatic heterocycles. The predicted molar refractivity (Wildman–Crippen MR) is 290 cm³/mol. The van der Waals surface area contributed by atoms with Crippen molar-refractivity contribution in [1.82, 2.24) is 14.5 Å². The van der Waals surface area contributed by atoms with E-state index in [1.807, 2.05) is 52.1 Å². The number of aromatic nitrogens is 3. The minimum absolute atomic E-state index is 0. The quantitative estimate of drug-likeness (QED) is 0.154. The van der Waals surface area contributed by atoms with Gasteiger partial charge in [-0.15, -0.1) is 29.3 Å². The molecule has 0 aliphatic rings. The zero-order valence-corrected chi connectivity index (χ0v) is 46.0. The Morgan fingerprint density at radius 2 is 1.10 bits per heavy atom. The average Bonchev–Trinajstić information content (AvgIpc) is 3.66. The zero-order valence-electron chi connectivity index (χ0n) is 45.7. The molecule has 0 spiro atoms. The molecule has 0 atom stereocenters. The molecule has 0 radical (unpaired) electrons. The number of nitrogens with zero attached hydrogens (tertiary/aromatic N) is 3. The van der Waals surface area contributed by atoms with Crippen molar-refractivity contribution in [2.24, 2.45) is 0 Å². The molecule has 0 amide bonds. The van der Waals surface area contributed by atoms with E-state index in [1.165, 1.54) is 5.56 Å². The van der Waals surface area contributed by atoms with Gasteiger partial charge in [-0.25, -0.2) is 4.98 Å². The topological polar surface area (TPSA) is 50.9 Å². The second kappa shape index (κ2) is 19.0. The van der Waals surface area contributed by atoms with E-state index >= 15 is 0 Å². The Kier molecular flexibility index (Phi) is 13.3. The molecule has 8 aromatic rings. The first-order valence-corrected chi connectivity index (χ1v) is 24.2. The number of fused-ring (bicyclic) bond motifs is 1. The maximum Gasteiger partial charge on any atom is 0.148 e. The largest absolute Gasteiger partial charge is 0.507 e. The smallest absolute Gasteiger partial charge is 0.148 e. The van der Waals surface area contributed by atoms with Crippen LogP contribution in [0.5, 0.6) is 5.75 Å². The molecule has 4 nitrogen and oxygen atoms in total. The van der Waals surface area contributed by atoms with Crippen LogP contribution >= 0.6 is 0 Å². The van der Waals surface area contributed by atoms with Gasteiger partial charge in [-0.3, -0.25) is 9.55 Å². The first-order chi connectivity index (χ1) is 32.4. The van der Waals surface area contributed by atoms with Crippen molar-refractivity contribution in [1.29, 1.82) is 0 Å². The van der Waals surface area contributed by atoms with Gasteiger partial charge < -0.3 is 5.11 Å². The standard InChI is InChI=1S/C64H72N3O.Pt/c1-39(2)50-19-17-20-51(40(3)4)57(50)42-25-29-49(30-26-42)67-56-22-18-21-52(58(56)66-60(67)53-37-48(63(11,12)13)38-54(59(53)68)64(14,15)16)44-33-45(35-47(34-44)62(8,9)10)55-36-43(31-32-65-55)41-23-27-46(28-24-41)61(5,6)7;/h17-32,34-40,68H,1-16H3;/q-1;/i39D,40D;. The summed E-state index contributed by atoms with van der Waals surface area (Å²) in [5.74, 6) is -0.938. The summed E-state index contributed by atoms with van der Waals surface area (Å²) in [5, 5.41) is 12.5. The molecule has 1 N–H and O–H groups in total. The summed E-state index contributed by atoms with van der Waals surface area (Å²) in [7, 11) is 0. The number of phenolic OH excluding ortho intramolecular Hbond substituents is 1. The molecule has 5 heteroatoms. The van der Waals surface area contributed by atoms with Gasteiger partial charge in [0.15, 0.2) is 0 Å². The van der Waals surface area contributed by atoms with Crippen molar-refractivity contribution in [2.45, 2.75) is 144 Å². The fourth-order valence-electron chi connectivity index (χ4n) is 9.25. The third-order valence-corrected chi connectivity index (χ3v) is 13.4. The summed E-state index contributed by atoms with van der Waals surface area (Å²) >= 11 is 0. The first kappa shape index (κ1) is 48.5. The number of pyridine rings is 1. The van der Waals surface area contributed by atoms with Crippen LogP contribution in [-0.4, -0.2) is 19.6 Å². The maximum atomic E-state index is 12.5. The van der Waals surface area contributed by atoms with E-state index in [0.717, 1.165) is 89.2 Å². The van der Waals surface area contributed by atoms with E-state index in [2.05, 4.69) is 197 Å². The summed E-state index contributed by atoms with van der Waals surface area (Å²) in [6, 6.07) is 46.4. The van der Waals surface area contributed by atoms with Crippen LogP contribution in [0.3, 0.4) is 0 Å². The molecule has 0 unspecified atom stereocenters. The molecule has 0 saturated carbocycles. The Bertz CT molecular complexity index is 3220. The molecule has 8 rings (SSSR count). The van der Waals surface area contributed by atoms with Gasteiger partial charge in [0.25, 0.3) is 0 Å². The number of aromatic hydroxyl groups is 1. The van der Waals surface area contributed by atoms with Gasteiger partial charge in [0.1, 0.15) is 11.6 Å². The molecular weight excluding hydrogens is 1020 g/mol. The van der Waals surface area contributed by atoms with Crippen LogP contribution in [0.25, 0.3) is 72.7 Å². The number of hydrogen-bond acceptors (Lipinski definition) is 3. The third-order valence-electron chi connectivity index (χ3n) is 13.4. The monoisotopic (exact) mass is 1100 g/mol. The van der Waals surface area contributed by atoms with E-state index in [0.29, 0.717) is 11.4 Å². The van der Waals surface area contributed by atoms with Crippen LogP contribution in [0.4, 0.5) is 0 Å². The van der Waals surface area contributed by atoms with Crippen molar-refractivity contribution in [3.8, 4) is 67.5 Å². The second-order valence-electron chi connectivity index (χ2n) is 23.3. The Hall–Kier alpha value is -5.57. The predicted octanol–water partition coefficient (Wildman–Crippen LogP) is 17.7. The summed E-state index contributed by atoms with van der Waals surface area (Å²) in [4.78, 5) is 10.5. The van der Waals surface area contributed by atoms with Crippen molar-refractivity contribution >= 4 is 11.0 Å². The number of phenols is 1. The third kappa shape index (κ3) is 10.3. The summed E-state index contributed by atoms with van der Waals surface area (Å²) in [5.41, 5.74) is 16.3. The molecule has 0 bridgehead atoms. The number of para-hydroxylation sites is 1. The number of benzene rings is 6. The Balaban J connectivity index is 0.00000741. The molecule has 6 aromatic carbocycles. The molecule has 0 fully saturated rings. The number of hydrogen-bond donors (Lipinski definition) is 1. The Labute approximate surface area is 430 Å². The van der Waals surface area contributed by atoms with Crippen LogP contribution in [0.1, 0.15) is 159 Å². The fraction of sp³-hybridized carbons (Fsp3) is 0.344. The van der Waals surface area contributed by atoms with Gasteiger partial charge in [-0.05, 0) is 108 Å². The van der Waals surface area contributed by atoms with Crippen LogP contribution in [0.15, 0.2) is 128 Å². The molecular formula is C64H72N3OPt-. The molecule has 0 aliphatic carbocycles. The summed E-state index contributed by atoms with van der Waals surface area (Å²) < 4.78 is 20.5. The maximum absolute atomic E-state index is 12.5. The number of imidazole rings is 1. The van der Waals surface area contributed by atoms with Gasteiger partial charge >= 0.3 is 0 Å². The average molecular weight is 1100 g/mol. The van der Waals surface area contributed by atoms with Crippen molar-refractivity contribution in [3.63, 3.8) is 0 Å². The Morgan fingerprint density at radius 1 is 0.551 bits per heavy atom. The van der Waals surface area contributed by atoms with Gasteiger partial charge in [0.05, 0.1) is 16.6 Å². The van der Waals surface area contributed by atoms with Crippen molar-refractivity contribution in [3.05, 3.63) is 167 Å². The van der Waals surface area contributed by atoms with Crippen LogP contribution < -0.4 is 0 Å². The van der Waals surface area contributed by atoms with E-state index in [9.17, 15) is 5.11 Å². The second-order valence-corrected chi connectivity index (χ2v) is 23.3. The number of rotatable bonds is 8. The SMILES string of the molecule is [2H]C(C)(C)c1cccc(C([2H])(C)C)c1-c1ccc(-n2c(-c3cc(C(C)(C)C)cc(C(C)(C)C)c3O)nc3c(-c4[c-]c(-c5cc(-c6ccc(C(C)(C)C)cc6)ccn5)cc(C(C)(C)C)c4)cccc32)cc1.[Pt]. The van der Waals surface area contributed by atoms with Crippen LogP contribution in [0, 0.1) is 6.07 Å². The van der Waals surface area contributed by atoms with E-state index in [-0.39, 0.29) is 48.5 Å². The van der Waals surface area contributed by atoms with Gasteiger partial charge in [0, 0.05) is 46.9 Å². The molecule has 0 aliphatic heterocycles. The minimum atomic E-state index is -0.891. The zero-order chi connectivity index (χ0) is 51.1. The first-order valence-electron chi connectivity index (χ1n) is 25.2. The van der Waals surface area contributed by atoms with Crippen molar-refractivity contribution < 1.29 is 28.9 Å². The van der Waals surface area contributed by atoms with Crippen LogP contribution in [0.2, 0.25) is 0 Å². The minimum Gasteiger partial charge on any atom is -0.507 e. The normalized spacial score (nSPS) is 13.3. The van der Waals surface area contributed by atoms with E-state index in [4.69, 9.17) is 12.7 Å². The fourth-order valence-corrected chi connectivity index (χ4v) is 9.25.